The molecular weight excluding hydrogens is 492 g/mol. The average Bonchev–Trinajstić information content (AvgIpc) is 3.23. The van der Waals surface area contributed by atoms with Gasteiger partial charge in [0.15, 0.2) is 0 Å². The lowest BCUT2D eigenvalue weighted by atomic mass is 10.0. The van der Waals surface area contributed by atoms with Crippen LogP contribution in [-0.4, -0.2) is 43.2 Å². The molecule has 1 N–H and O–H groups in total. The van der Waals surface area contributed by atoms with Gasteiger partial charge < -0.3 is 19.5 Å². The first-order chi connectivity index (χ1) is 17.9. The van der Waals surface area contributed by atoms with E-state index in [4.69, 9.17) is 19.2 Å². The fraction of sp³-hybridized carbons (Fsp3) is 0.214. The standard InChI is InChI=1S/C28H26N2O6S/c1-5-35-27(32)23-16(3)24(28(33)36-6-2)37-26(23)30-25(31)20-15-22(17-11-13-18(34-4)14-12-17)29-21-10-8-7-9-19(20)21/h7-15H,5-6H2,1-4H3,(H,30,31). The fourth-order valence-corrected chi connectivity index (χ4v) is 4.97. The van der Waals surface area contributed by atoms with Crippen LogP contribution in [0.2, 0.25) is 0 Å². The smallest absolute Gasteiger partial charge is 0.348 e. The van der Waals surface area contributed by atoms with E-state index in [0.717, 1.165) is 16.9 Å². The molecule has 2 aromatic heterocycles. The monoisotopic (exact) mass is 518 g/mol. The average molecular weight is 519 g/mol. The number of esters is 2. The summed E-state index contributed by atoms with van der Waals surface area (Å²) in [5.41, 5.74) is 2.96. The van der Waals surface area contributed by atoms with Crippen LogP contribution in [0.5, 0.6) is 5.75 Å². The second-order valence-electron chi connectivity index (χ2n) is 7.96. The summed E-state index contributed by atoms with van der Waals surface area (Å²) >= 11 is 0.985. The maximum atomic E-state index is 13.6. The van der Waals surface area contributed by atoms with Crippen molar-refractivity contribution in [2.45, 2.75) is 20.8 Å². The number of rotatable bonds is 8. The van der Waals surface area contributed by atoms with Crippen LogP contribution in [0.25, 0.3) is 22.2 Å². The number of methoxy groups -OCH3 is 1. The molecule has 0 saturated carbocycles. The summed E-state index contributed by atoms with van der Waals surface area (Å²) in [6.45, 7) is 5.35. The van der Waals surface area contributed by atoms with Gasteiger partial charge in [-0.25, -0.2) is 14.6 Å². The number of aromatic nitrogens is 1. The minimum atomic E-state index is -0.624. The molecule has 0 aliphatic carbocycles. The van der Waals surface area contributed by atoms with E-state index in [1.165, 1.54) is 0 Å². The molecule has 4 aromatic rings. The van der Waals surface area contributed by atoms with Crippen LogP contribution in [-0.2, 0) is 9.47 Å². The lowest BCUT2D eigenvalue weighted by Gasteiger charge is -2.11. The zero-order valence-electron chi connectivity index (χ0n) is 20.9. The molecule has 0 saturated heterocycles. The summed E-state index contributed by atoms with van der Waals surface area (Å²) < 4.78 is 15.6. The number of thiophene rings is 1. The molecule has 0 unspecified atom stereocenters. The molecule has 8 nitrogen and oxygen atoms in total. The third-order valence-electron chi connectivity index (χ3n) is 5.66. The second kappa shape index (κ2) is 11.2. The van der Waals surface area contributed by atoms with Gasteiger partial charge in [-0.3, -0.25) is 4.79 Å². The van der Waals surface area contributed by atoms with Crippen LogP contribution >= 0.6 is 11.3 Å². The number of nitrogens with zero attached hydrogens (tertiary/aromatic N) is 1. The van der Waals surface area contributed by atoms with Gasteiger partial charge >= 0.3 is 11.9 Å². The Morgan fingerprint density at radius 1 is 0.946 bits per heavy atom. The number of nitrogens with one attached hydrogen (secondary N) is 1. The quantitative estimate of drug-likeness (QED) is 0.290. The summed E-state index contributed by atoms with van der Waals surface area (Å²) in [5.74, 6) is -0.928. The Hall–Kier alpha value is -4.24. The minimum Gasteiger partial charge on any atom is -0.497 e. The first kappa shape index (κ1) is 25.8. The van der Waals surface area contributed by atoms with Crippen molar-refractivity contribution in [3.8, 4) is 17.0 Å². The third kappa shape index (κ3) is 5.31. The topological polar surface area (TPSA) is 104 Å². The van der Waals surface area contributed by atoms with E-state index in [1.54, 1.807) is 33.9 Å². The van der Waals surface area contributed by atoms with Crippen LogP contribution in [0.4, 0.5) is 5.00 Å². The highest BCUT2D eigenvalue weighted by Gasteiger charge is 2.28. The fourth-order valence-electron chi connectivity index (χ4n) is 3.89. The maximum Gasteiger partial charge on any atom is 0.348 e. The molecule has 0 atom stereocenters. The van der Waals surface area contributed by atoms with Crippen molar-refractivity contribution < 1.29 is 28.6 Å². The van der Waals surface area contributed by atoms with Crippen molar-refractivity contribution in [2.75, 3.05) is 25.6 Å². The van der Waals surface area contributed by atoms with Gasteiger partial charge in [0.1, 0.15) is 15.6 Å². The molecule has 2 heterocycles. The van der Waals surface area contributed by atoms with Crippen LogP contribution in [0.15, 0.2) is 54.6 Å². The number of carbonyl (C=O) groups is 3. The van der Waals surface area contributed by atoms with Crippen molar-refractivity contribution in [2.24, 2.45) is 0 Å². The number of hydrogen-bond donors (Lipinski definition) is 1. The number of fused-ring (bicyclic) bond motifs is 1. The number of ether oxygens (including phenoxy) is 3. The summed E-state index contributed by atoms with van der Waals surface area (Å²) in [5, 5.41) is 3.70. The Morgan fingerprint density at radius 3 is 2.30 bits per heavy atom. The van der Waals surface area contributed by atoms with Gasteiger partial charge in [0.05, 0.1) is 42.7 Å². The maximum absolute atomic E-state index is 13.6. The summed E-state index contributed by atoms with van der Waals surface area (Å²) in [4.78, 5) is 43.9. The molecule has 0 aliphatic rings. The highest BCUT2D eigenvalue weighted by atomic mass is 32.1. The Bertz CT molecular complexity index is 1480. The van der Waals surface area contributed by atoms with Gasteiger partial charge in [0.2, 0.25) is 0 Å². The van der Waals surface area contributed by atoms with E-state index in [2.05, 4.69) is 5.32 Å². The SMILES string of the molecule is CCOC(=O)c1sc(NC(=O)c2cc(-c3ccc(OC)cc3)nc3ccccc23)c(C(=O)OCC)c1C. The highest BCUT2D eigenvalue weighted by Crippen LogP contribution is 2.35. The van der Waals surface area contributed by atoms with E-state index < -0.39 is 17.8 Å². The minimum absolute atomic E-state index is 0.136. The van der Waals surface area contributed by atoms with Gasteiger partial charge in [-0.15, -0.1) is 11.3 Å². The van der Waals surface area contributed by atoms with Crippen molar-refractivity contribution >= 4 is 45.1 Å². The van der Waals surface area contributed by atoms with Crippen molar-refractivity contribution in [3.05, 3.63) is 76.2 Å². The molecule has 4 rings (SSSR count). The predicted molar refractivity (Wildman–Crippen MR) is 143 cm³/mol. The van der Waals surface area contributed by atoms with Crippen LogP contribution in [0, 0.1) is 6.92 Å². The largest absolute Gasteiger partial charge is 0.497 e. The molecule has 190 valence electrons. The zero-order chi connectivity index (χ0) is 26.5. The normalized spacial score (nSPS) is 10.7. The third-order valence-corrected chi connectivity index (χ3v) is 6.85. The van der Waals surface area contributed by atoms with Crippen LogP contribution < -0.4 is 10.1 Å². The lowest BCUT2D eigenvalue weighted by Crippen LogP contribution is -2.15. The van der Waals surface area contributed by atoms with Gasteiger partial charge in [0, 0.05) is 10.9 Å². The van der Waals surface area contributed by atoms with E-state index in [-0.39, 0.29) is 28.7 Å². The van der Waals surface area contributed by atoms with Gasteiger partial charge in [-0.2, -0.15) is 0 Å². The van der Waals surface area contributed by atoms with Gasteiger partial charge in [0.25, 0.3) is 5.91 Å². The van der Waals surface area contributed by atoms with E-state index >= 15 is 0 Å². The van der Waals surface area contributed by atoms with Gasteiger partial charge in [-0.1, -0.05) is 18.2 Å². The van der Waals surface area contributed by atoms with Crippen LogP contribution in [0.3, 0.4) is 0 Å². The molecule has 0 spiro atoms. The van der Waals surface area contributed by atoms with Crippen LogP contribution in [0.1, 0.15) is 49.8 Å². The molecule has 0 aliphatic heterocycles. The van der Waals surface area contributed by atoms with Crippen molar-refractivity contribution in [3.63, 3.8) is 0 Å². The molecule has 0 fully saturated rings. The number of para-hydroxylation sites is 1. The van der Waals surface area contributed by atoms with E-state index in [9.17, 15) is 14.4 Å². The van der Waals surface area contributed by atoms with E-state index in [1.807, 2.05) is 48.5 Å². The molecule has 37 heavy (non-hydrogen) atoms. The molecule has 2 aromatic carbocycles. The molecule has 0 radical (unpaired) electrons. The number of anilines is 1. The number of pyridine rings is 1. The number of amides is 1. The number of hydrogen-bond acceptors (Lipinski definition) is 8. The Balaban J connectivity index is 1.79. The Morgan fingerprint density at radius 2 is 1.62 bits per heavy atom. The number of carbonyl (C=O) groups excluding carboxylic acids is 3. The molecule has 0 bridgehead atoms. The molecule has 9 heteroatoms. The Labute approximate surface area is 218 Å². The van der Waals surface area contributed by atoms with Gasteiger partial charge in [-0.05, 0) is 62.7 Å². The molecular formula is C28H26N2O6S. The highest BCUT2D eigenvalue weighted by molar-refractivity contribution is 7.18. The summed E-state index contributed by atoms with van der Waals surface area (Å²) in [6, 6.07) is 16.4. The van der Waals surface area contributed by atoms with Crippen molar-refractivity contribution in [1.29, 1.82) is 0 Å². The summed E-state index contributed by atoms with van der Waals surface area (Å²) in [7, 11) is 1.59. The molecule has 1 amide bonds. The second-order valence-corrected chi connectivity index (χ2v) is 8.98. The first-order valence-electron chi connectivity index (χ1n) is 11.7. The predicted octanol–water partition coefficient (Wildman–Crippen LogP) is 5.89. The zero-order valence-corrected chi connectivity index (χ0v) is 21.7. The van der Waals surface area contributed by atoms with Crippen molar-refractivity contribution in [1.82, 2.24) is 4.98 Å². The Kier molecular flexibility index (Phi) is 7.83. The first-order valence-corrected chi connectivity index (χ1v) is 12.5. The number of benzene rings is 2. The lowest BCUT2D eigenvalue weighted by molar-refractivity contribution is 0.0527. The van der Waals surface area contributed by atoms with E-state index in [0.29, 0.717) is 33.5 Å². The summed E-state index contributed by atoms with van der Waals surface area (Å²) in [6.07, 6.45) is 0.